The van der Waals surface area contributed by atoms with Gasteiger partial charge in [0, 0.05) is 69.9 Å². The van der Waals surface area contributed by atoms with Crippen molar-refractivity contribution in [2.24, 2.45) is 0 Å². The number of carbonyl (C=O) groups is 1. The highest BCUT2D eigenvalue weighted by molar-refractivity contribution is 5.91. The lowest BCUT2D eigenvalue weighted by molar-refractivity contribution is -0.384. The Morgan fingerprint density at radius 3 is 2.50 bits per heavy atom. The molecule has 1 aliphatic heterocycles. The fourth-order valence-electron chi connectivity index (χ4n) is 2.85. The Morgan fingerprint density at radius 1 is 1.15 bits per heavy atom. The van der Waals surface area contributed by atoms with Crippen LogP contribution in [0.3, 0.4) is 0 Å². The van der Waals surface area contributed by atoms with Gasteiger partial charge in [-0.3, -0.25) is 19.8 Å². The zero-order valence-electron chi connectivity index (χ0n) is 14.4. The summed E-state index contributed by atoms with van der Waals surface area (Å²) in [4.78, 5) is 30.7. The predicted molar refractivity (Wildman–Crippen MR) is 97.4 cm³/mol. The van der Waals surface area contributed by atoms with Gasteiger partial charge in [-0.05, 0) is 23.8 Å². The molecule has 8 heteroatoms. The molecule has 0 radical (unpaired) electrons. The number of rotatable bonds is 6. The number of hydrogen-bond donors (Lipinski definition) is 0. The first-order valence-electron chi connectivity index (χ1n) is 8.51. The Labute approximate surface area is 151 Å². The first-order chi connectivity index (χ1) is 12.6. The molecule has 1 aliphatic rings. The zero-order valence-corrected chi connectivity index (χ0v) is 14.4. The SMILES string of the molecule is O=C(/C=C/c1ccc([N+](=O)[O-])cc1)N1CCN(CCn2ccnc2)CC1. The molecule has 136 valence electrons. The number of nitro benzene ring substituents is 1. The Kier molecular flexibility index (Phi) is 5.75. The van der Waals surface area contributed by atoms with Crippen LogP contribution in [0.5, 0.6) is 0 Å². The minimum atomic E-state index is -0.440. The van der Waals surface area contributed by atoms with Gasteiger partial charge in [-0.25, -0.2) is 4.98 Å². The number of hydrogen-bond acceptors (Lipinski definition) is 5. The van der Waals surface area contributed by atoms with Crippen LogP contribution in [-0.2, 0) is 11.3 Å². The molecule has 1 saturated heterocycles. The highest BCUT2D eigenvalue weighted by Crippen LogP contribution is 2.13. The highest BCUT2D eigenvalue weighted by atomic mass is 16.6. The first kappa shape index (κ1) is 17.8. The fraction of sp³-hybridized carbons (Fsp3) is 0.333. The molecule has 3 rings (SSSR count). The van der Waals surface area contributed by atoms with E-state index >= 15 is 0 Å². The van der Waals surface area contributed by atoms with Gasteiger partial charge in [0.25, 0.3) is 5.69 Å². The maximum absolute atomic E-state index is 12.3. The van der Waals surface area contributed by atoms with Crippen molar-refractivity contribution >= 4 is 17.7 Å². The van der Waals surface area contributed by atoms with Gasteiger partial charge in [-0.2, -0.15) is 0 Å². The van der Waals surface area contributed by atoms with Gasteiger partial charge in [-0.15, -0.1) is 0 Å². The fourth-order valence-corrected chi connectivity index (χ4v) is 2.85. The van der Waals surface area contributed by atoms with Crippen LogP contribution in [0, 0.1) is 10.1 Å². The molecule has 0 aliphatic carbocycles. The highest BCUT2D eigenvalue weighted by Gasteiger charge is 2.19. The van der Waals surface area contributed by atoms with Crippen LogP contribution >= 0.6 is 0 Å². The van der Waals surface area contributed by atoms with Gasteiger partial charge in [0.2, 0.25) is 5.91 Å². The van der Waals surface area contributed by atoms with Crippen LogP contribution in [0.15, 0.2) is 49.1 Å². The number of benzene rings is 1. The minimum absolute atomic E-state index is 0.0300. The molecule has 0 atom stereocenters. The van der Waals surface area contributed by atoms with Crippen LogP contribution in [0.1, 0.15) is 5.56 Å². The number of aromatic nitrogens is 2. The number of amides is 1. The first-order valence-corrected chi connectivity index (χ1v) is 8.51. The van der Waals surface area contributed by atoms with E-state index in [9.17, 15) is 14.9 Å². The number of piperazine rings is 1. The van der Waals surface area contributed by atoms with E-state index < -0.39 is 4.92 Å². The van der Waals surface area contributed by atoms with Gasteiger partial charge in [-0.1, -0.05) is 0 Å². The predicted octanol–water partition coefficient (Wildman–Crippen LogP) is 1.65. The third-order valence-corrected chi connectivity index (χ3v) is 4.44. The second kappa shape index (κ2) is 8.39. The molecule has 1 aromatic carbocycles. The van der Waals surface area contributed by atoms with E-state index in [1.54, 1.807) is 24.4 Å². The molecular formula is C18H21N5O3. The molecule has 8 nitrogen and oxygen atoms in total. The average molecular weight is 355 g/mol. The molecule has 1 amide bonds. The average Bonchev–Trinajstić information content (AvgIpc) is 3.19. The summed E-state index contributed by atoms with van der Waals surface area (Å²) in [6.45, 7) is 4.95. The second-order valence-electron chi connectivity index (χ2n) is 6.15. The van der Waals surface area contributed by atoms with Gasteiger partial charge in [0.15, 0.2) is 0 Å². The van der Waals surface area contributed by atoms with E-state index in [-0.39, 0.29) is 11.6 Å². The van der Waals surface area contributed by atoms with Gasteiger partial charge < -0.3 is 9.47 Å². The Hall–Kier alpha value is -3.00. The number of nitro groups is 1. The molecule has 0 spiro atoms. The van der Waals surface area contributed by atoms with E-state index in [2.05, 4.69) is 9.88 Å². The van der Waals surface area contributed by atoms with Crippen LogP contribution in [0.4, 0.5) is 5.69 Å². The molecule has 0 N–H and O–H groups in total. The summed E-state index contributed by atoms with van der Waals surface area (Å²) < 4.78 is 2.05. The number of imidazole rings is 1. The Balaban J connectivity index is 1.45. The summed E-state index contributed by atoms with van der Waals surface area (Å²) in [5.41, 5.74) is 0.809. The zero-order chi connectivity index (χ0) is 18.4. The van der Waals surface area contributed by atoms with Crippen molar-refractivity contribution in [2.45, 2.75) is 6.54 Å². The van der Waals surface area contributed by atoms with E-state index in [0.29, 0.717) is 13.1 Å². The molecule has 1 fully saturated rings. The number of carbonyl (C=O) groups excluding carboxylic acids is 1. The van der Waals surface area contributed by atoms with Crippen molar-refractivity contribution in [2.75, 3.05) is 32.7 Å². The van der Waals surface area contributed by atoms with Gasteiger partial charge >= 0.3 is 0 Å². The molecular weight excluding hydrogens is 334 g/mol. The van der Waals surface area contributed by atoms with Gasteiger partial charge in [0.05, 0.1) is 11.3 Å². The monoisotopic (exact) mass is 355 g/mol. The summed E-state index contributed by atoms with van der Waals surface area (Å²) in [5.74, 6) is -0.0300. The van der Waals surface area contributed by atoms with Crippen molar-refractivity contribution in [3.05, 3.63) is 64.7 Å². The molecule has 0 unspecified atom stereocenters. The summed E-state index contributed by atoms with van der Waals surface area (Å²) in [6.07, 6.45) is 8.75. The van der Waals surface area contributed by atoms with Gasteiger partial charge in [0.1, 0.15) is 0 Å². The molecule has 2 aromatic rings. The topological polar surface area (TPSA) is 84.5 Å². The number of non-ortho nitro benzene ring substituents is 1. The van der Waals surface area contributed by atoms with Crippen molar-refractivity contribution in [1.82, 2.24) is 19.4 Å². The largest absolute Gasteiger partial charge is 0.337 e. The third-order valence-electron chi connectivity index (χ3n) is 4.44. The third kappa shape index (κ3) is 4.76. The van der Waals surface area contributed by atoms with Crippen molar-refractivity contribution < 1.29 is 9.72 Å². The lowest BCUT2D eigenvalue weighted by Gasteiger charge is -2.34. The lowest BCUT2D eigenvalue weighted by atomic mass is 10.2. The number of nitrogens with zero attached hydrogens (tertiary/aromatic N) is 5. The minimum Gasteiger partial charge on any atom is -0.337 e. The summed E-state index contributed by atoms with van der Waals surface area (Å²) in [5, 5.41) is 10.6. The standard InChI is InChI=1S/C18H21N5O3/c24-18(6-3-16-1-4-17(5-2-16)23(25)26)22-13-11-20(12-14-22)9-10-21-8-7-19-15-21/h1-8,15H,9-14H2/b6-3+. The van der Waals surface area contributed by atoms with Crippen LogP contribution < -0.4 is 0 Å². The van der Waals surface area contributed by atoms with Crippen LogP contribution in [0.2, 0.25) is 0 Å². The van der Waals surface area contributed by atoms with E-state index in [0.717, 1.165) is 31.7 Å². The van der Waals surface area contributed by atoms with Crippen LogP contribution in [0.25, 0.3) is 6.08 Å². The second-order valence-corrected chi connectivity index (χ2v) is 6.15. The maximum atomic E-state index is 12.3. The molecule has 0 bridgehead atoms. The maximum Gasteiger partial charge on any atom is 0.269 e. The Morgan fingerprint density at radius 2 is 1.88 bits per heavy atom. The summed E-state index contributed by atoms with van der Waals surface area (Å²) in [7, 11) is 0. The lowest BCUT2D eigenvalue weighted by Crippen LogP contribution is -2.48. The molecule has 26 heavy (non-hydrogen) atoms. The molecule has 1 aromatic heterocycles. The van der Waals surface area contributed by atoms with Crippen LogP contribution in [-0.4, -0.2) is 62.9 Å². The van der Waals surface area contributed by atoms with E-state index in [1.807, 2.05) is 22.0 Å². The quantitative estimate of drug-likeness (QED) is 0.447. The summed E-state index contributed by atoms with van der Waals surface area (Å²) in [6, 6.07) is 6.14. The summed E-state index contributed by atoms with van der Waals surface area (Å²) >= 11 is 0. The smallest absolute Gasteiger partial charge is 0.269 e. The molecule has 0 saturated carbocycles. The molecule has 2 heterocycles. The van der Waals surface area contributed by atoms with Crippen molar-refractivity contribution in [1.29, 1.82) is 0 Å². The van der Waals surface area contributed by atoms with Crippen molar-refractivity contribution in [3.8, 4) is 0 Å². The van der Waals surface area contributed by atoms with Crippen molar-refractivity contribution in [3.63, 3.8) is 0 Å². The van der Waals surface area contributed by atoms with E-state index in [4.69, 9.17) is 0 Å². The Bertz CT molecular complexity index is 763. The van der Waals surface area contributed by atoms with E-state index in [1.165, 1.54) is 18.2 Å². The normalized spacial score (nSPS) is 15.5.